The van der Waals surface area contributed by atoms with Crippen molar-refractivity contribution in [2.24, 2.45) is 0 Å². The van der Waals surface area contributed by atoms with Crippen molar-refractivity contribution in [2.75, 3.05) is 33.0 Å². The lowest BCUT2D eigenvalue weighted by Gasteiger charge is -2.30. The third-order valence-corrected chi connectivity index (χ3v) is 6.14. The maximum absolute atomic E-state index is 12.0. The molecule has 0 atom stereocenters. The summed E-state index contributed by atoms with van der Waals surface area (Å²) in [5, 5.41) is 10.9. The molecule has 0 spiro atoms. The number of nitrogens with one attached hydrogen (secondary N) is 2. The van der Waals surface area contributed by atoms with Crippen LogP contribution in [0.5, 0.6) is 17.2 Å². The molecule has 7 heteroatoms. The minimum atomic E-state index is -0.339. The number of phenolic OH excluding ortho intramolecular Hbond substituents is 1. The zero-order valence-corrected chi connectivity index (χ0v) is 17.0. The number of rotatable bonds is 4. The third-order valence-electron chi connectivity index (χ3n) is 6.14. The molecular weight excluding hydrogens is 384 g/mol. The predicted octanol–water partition coefficient (Wildman–Crippen LogP) is 0.0193. The summed E-state index contributed by atoms with van der Waals surface area (Å²) < 4.78 is 16.2. The van der Waals surface area contributed by atoms with Gasteiger partial charge < -0.3 is 28.8 Å². The molecule has 1 fully saturated rings. The fourth-order valence-corrected chi connectivity index (χ4v) is 4.43. The van der Waals surface area contributed by atoms with Gasteiger partial charge in [0, 0.05) is 22.6 Å². The largest absolute Gasteiger partial charge is 0.508 e. The number of piperazine rings is 1. The summed E-state index contributed by atoms with van der Waals surface area (Å²) in [5.41, 5.74) is 3.10. The first kappa shape index (κ1) is 19.0. The van der Waals surface area contributed by atoms with Gasteiger partial charge in [0.15, 0.2) is 11.5 Å². The zero-order chi connectivity index (χ0) is 20.7. The normalized spacial score (nSPS) is 20.6. The molecule has 7 nitrogen and oxygen atoms in total. The number of ether oxygens (including phenoxy) is 2. The summed E-state index contributed by atoms with van der Waals surface area (Å²) in [6.07, 6.45) is 0. The average Bonchev–Trinajstić information content (AvgIpc) is 3.19. The van der Waals surface area contributed by atoms with Crippen molar-refractivity contribution in [3.8, 4) is 17.2 Å². The van der Waals surface area contributed by atoms with Crippen molar-refractivity contribution < 1.29 is 28.8 Å². The number of phenols is 1. The Balaban J connectivity index is 1.25. The molecular formula is C23H26N2O5+2. The van der Waals surface area contributed by atoms with Gasteiger partial charge in [-0.3, -0.25) is 0 Å². The molecule has 2 aromatic carbocycles. The maximum atomic E-state index is 12.0. The highest BCUT2D eigenvalue weighted by Gasteiger charge is 2.25. The summed E-state index contributed by atoms with van der Waals surface area (Å²) in [6.45, 7) is 8.00. The van der Waals surface area contributed by atoms with Gasteiger partial charge in [0.25, 0.3) is 0 Å². The van der Waals surface area contributed by atoms with Crippen LogP contribution in [-0.4, -0.2) is 38.1 Å². The Kier molecular flexibility index (Phi) is 4.84. The number of aryl methyl sites for hydroxylation is 1. The van der Waals surface area contributed by atoms with Gasteiger partial charge in [-0.25, -0.2) is 4.79 Å². The Morgan fingerprint density at radius 3 is 2.47 bits per heavy atom. The van der Waals surface area contributed by atoms with E-state index in [9.17, 15) is 9.90 Å². The molecule has 3 N–H and O–H groups in total. The molecule has 30 heavy (non-hydrogen) atoms. The van der Waals surface area contributed by atoms with Gasteiger partial charge in [0.1, 0.15) is 50.6 Å². The topological polar surface area (TPSA) is 77.8 Å². The van der Waals surface area contributed by atoms with Crippen LogP contribution in [0.4, 0.5) is 0 Å². The van der Waals surface area contributed by atoms with Crippen molar-refractivity contribution in [2.45, 2.75) is 20.0 Å². The third kappa shape index (κ3) is 3.74. The van der Waals surface area contributed by atoms with Crippen LogP contribution in [0.15, 0.2) is 45.6 Å². The Morgan fingerprint density at radius 2 is 1.67 bits per heavy atom. The van der Waals surface area contributed by atoms with Crippen molar-refractivity contribution in [1.82, 2.24) is 0 Å². The Morgan fingerprint density at radius 1 is 0.933 bits per heavy atom. The summed E-state index contributed by atoms with van der Waals surface area (Å²) in [5.74, 6) is 1.89. The fourth-order valence-electron chi connectivity index (χ4n) is 4.43. The SMILES string of the molecule is Cc1cc2oc(=O)cc(C[NH+]3CC[NH+](Cc4ccc5c(c4)OCO5)CC3)c2cc1O. The minimum Gasteiger partial charge on any atom is -0.508 e. The van der Waals surface area contributed by atoms with Crippen LogP contribution in [0.2, 0.25) is 0 Å². The molecule has 2 aliphatic rings. The Bertz CT molecular complexity index is 1150. The molecule has 5 rings (SSSR count). The van der Waals surface area contributed by atoms with Crippen molar-refractivity contribution in [3.05, 3.63) is 63.5 Å². The first-order valence-electron chi connectivity index (χ1n) is 10.4. The number of quaternary nitrogens is 2. The summed E-state index contributed by atoms with van der Waals surface area (Å²) in [4.78, 5) is 15.0. The molecule has 0 aliphatic carbocycles. The standard InChI is InChI=1S/C23H24N2O5/c1-15-8-21-18(11-19(15)26)17(10-23(27)30-21)13-25-6-4-24(5-7-25)12-16-2-3-20-22(9-16)29-14-28-20/h2-3,8-11,26H,4-7,12-14H2,1H3/p+2. The highest BCUT2D eigenvalue weighted by Crippen LogP contribution is 2.32. The molecule has 2 aliphatic heterocycles. The number of benzene rings is 2. The van der Waals surface area contributed by atoms with Gasteiger partial charge in [-0.1, -0.05) is 0 Å². The van der Waals surface area contributed by atoms with Crippen LogP contribution >= 0.6 is 0 Å². The second-order valence-electron chi connectivity index (χ2n) is 8.27. The number of aromatic hydroxyl groups is 1. The highest BCUT2D eigenvalue weighted by atomic mass is 16.7. The molecule has 0 amide bonds. The molecule has 156 valence electrons. The Hall–Kier alpha value is -3.03. The molecule has 0 saturated carbocycles. The molecule has 0 bridgehead atoms. The van der Waals surface area contributed by atoms with Crippen molar-refractivity contribution in [3.63, 3.8) is 0 Å². The Labute approximate surface area is 174 Å². The van der Waals surface area contributed by atoms with E-state index in [0.717, 1.165) is 61.7 Å². The molecule has 3 aromatic rings. The van der Waals surface area contributed by atoms with Crippen LogP contribution < -0.4 is 24.9 Å². The van der Waals surface area contributed by atoms with E-state index in [4.69, 9.17) is 13.9 Å². The number of hydrogen-bond donors (Lipinski definition) is 3. The van der Waals surface area contributed by atoms with Crippen LogP contribution in [-0.2, 0) is 13.1 Å². The molecule has 1 aromatic heterocycles. The summed E-state index contributed by atoms with van der Waals surface area (Å²) in [6, 6.07) is 11.2. The summed E-state index contributed by atoms with van der Waals surface area (Å²) in [7, 11) is 0. The predicted molar refractivity (Wildman–Crippen MR) is 110 cm³/mol. The van der Waals surface area contributed by atoms with Gasteiger partial charge in [0.05, 0.1) is 0 Å². The van der Waals surface area contributed by atoms with Gasteiger partial charge in [-0.15, -0.1) is 0 Å². The fraction of sp³-hybridized carbons (Fsp3) is 0.348. The van der Waals surface area contributed by atoms with Crippen LogP contribution in [0.3, 0.4) is 0 Å². The van der Waals surface area contributed by atoms with E-state index < -0.39 is 0 Å². The van der Waals surface area contributed by atoms with Crippen LogP contribution in [0.1, 0.15) is 16.7 Å². The monoisotopic (exact) mass is 410 g/mol. The highest BCUT2D eigenvalue weighted by molar-refractivity contribution is 5.82. The first-order valence-corrected chi connectivity index (χ1v) is 10.4. The lowest BCUT2D eigenvalue weighted by Crippen LogP contribution is -3.27. The van der Waals surface area contributed by atoms with Gasteiger partial charge in [-0.05, 0) is 42.8 Å². The minimum absolute atomic E-state index is 0.227. The number of fused-ring (bicyclic) bond motifs is 2. The van der Waals surface area contributed by atoms with E-state index in [-0.39, 0.29) is 11.4 Å². The number of hydrogen-bond acceptors (Lipinski definition) is 5. The van der Waals surface area contributed by atoms with Crippen molar-refractivity contribution in [1.29, 1.82) is 0 Å². The van der Waals surface area contributed by atoms with E-state index in [0.29, 0.717) is 17.9 Å². The summed E-state index contributed by atoms with van der Waals surface area (Å²) >= 11 is 0. The van der Waals surface area contributed by atoms with E-state index in [1.54, 1.807) is 30.0 Å². The maximum Gasteiger partial charge on any atom is 0.336 e. The molecule has 1 saturated heterocycles. The van der Waals surface area contributed by atoms with Gasteiger partial charge >= 0.3 is 5.63 Å². The smallest absolute Gasteiger partial charge is 0.336 e. The van der Waals surface area contributed by atoms with Crippen LogP contribution in [0, 0.1) is 6.92 Å². The van der Waals surface area contributed by atoms with E-state index in [1.807, 2.05) is 6.07 Å². The molecule has 0 radical (unpaired) electrons. The lowest BCUT2D eigenvalue weighted by atomic mass is 10.1. The van der Waals surface area contributed by atoms with Gasteiger partial charge in [0.2, 0.25) is 6.79 Å². The second kappa shape index (κ2) is 7.66. The van der Waals surface area contributed by atoms with E-state index in [2.05, 4.69) is 12.1 Å². The molecule has 0 unspecified atom stereocenters. The van der Waals surface area contributed by atoms with Crippen LogP contribution in [0.25, 0.3) is 11.0 Å². The average molecular weight is 410 g/mol. The lowest BCUT2D eigenvalue weighted by molar-refractivity contribution is -1.02. The quantitative estimate of drug-likeness (QED) is 0.529. The van der Waals surface area contributed by atoms with Crippen molar-refractivity contribution >= 4 is 11.0 Å². The zero-order valence-electron chi connectivity index (χ0n) is 17.0. The molecule has 3 heterocycles. The van der Waals surface area contributed by atoms with Gasteiger partial charge in [-0.2, -0.15) is 0 Å². The van der Waals surface area contributed by atoms with E-state index >= 15 is 0 Å². The van der Waals surface area contributed by atoms with E-state index in [1.165, 1.54) is 10.5 Å². The first-order chi connectivity index (χ1) is 14.5. The second-order valence-corrected chi connectivity index (χ2v) is 8.27.